The van der Waals surface area contributed by atoms with E-state index in [1.54, 1.807) is 11.9 Å². The van der Waals surface area contributed by atoms with E-state index in [0.29, 0.717) is 6.54 Å². The van der Waals surface area contributed by atoms with Gasteiger partial charge in [-0.25, -0.2) is 9.97 Å². The molecule has 4 rings (SSSR count). The molecule has 2 aromatic rings. The van der Waals surface area contributed by atoms with Crippen LogP contribution in [0.1, 0.15) is 30.5 Å². The van der Waals surface area contributed by atoms with E-state index in [1.807, 2.05) is 18.2 Å². The normalized spacial score (nSPS) is 16.9. The molecule has 0 spiro atoms. The van der Waals surface area contributed by atoms with E-state index < -0.39 is 0 Å². The Hall–Kier alpha value is -2.47. The Bertz CT molecular complexity index is 832. The number of piperidine rings is 1. The highest BCUT2D eigenvalue weighted by Crippen LogP contribution is 2.33. The first kappa shape index (κ1) is 18.9. The van der Waals surface area contributed by atoms with Crippen LogP contribution in [0.25, 0.3) is 11.4 Å². The fourth-order valence-electron chi connectivity index (χ4n) is 4.30. The molecule has 0 atom stereocenters. The van der Waals surface area contributed by atoms with Gasteiger partial charge >= 0.3 is 0 Å². The Morgan fingerprint density at radius 3 is 2.64 bits per heavy atom. The fraction of sp³-hybridized carbons (Fsp3) is 0.500. The Labute approximate surface area is 166 Å². The second kappa shape index (κ2) is 8.27. The molecule has 28 heavy (non-hydrogen) atoms. The van der Waals surface area contributed by atoms with Gasteiger partial charge in [0.05, 0.1) is 6.61 Å². The summed E-state index contributed by atoms with van der Waals surface area (Å²) in [6.07, 6.45) is 4.85. The predicted molar refractivity (Wildman–Crippen MR) is 109 cm³/mol. The fourth-order valence-corrected chi connectivity index (χ4v) is 4.30. The van der Waals surface area contributed by atoms with Gasteiger partial charge < -0.3 is 14.9 Å². The molecule has 1 saturated heterocycles. The van der Waals surface area contributed by atoms with Crippen molar-refractivity contribution in [3.05, 3.63) is 41.6 Å². The summed E-state index contributed by atoms with van der Waals surface area (Å²) in [5.41, 5.74) is 3.53. The van der Waals surface area contributed by atoms with Crippen LogP contribution in [0.4, 0.5) is 5.82 Å². The Kier molecular flexibility index (Phi) is 5.57. The SMILES string of the molecule is CN(CCO)C(=O)C1CCN(c2nc(-c3ccccc3)nc3c2CCC3)CC1. The lowest BCUT2D eigenvalue weighted by molar-refractivity contribution is -0.135. The molecule has 2 heterocycles. The minimum Gasteiger partial charge on any atom is -0.395 e. The zero-order chi connectivity index (χ0) is 19.5. The summed E-state index contributed by atoms with van der Waals surface area (Å²) in [5, 5.41) is 9.07. The molecule has 0 saturated carbocycles. The van der Waals surface area contributed by atoms with E-state index in [0.717, 1.165) is 62.4 Å². The van der Waals surface area contributed by atoms with E-state index in [2.05, 4.69) is 17.0 Å². The monoisotopic (exact) mass is 380 g/mol. The summed E-state index contributed by atoms with van der Waals surface area (Å²) in [6.45, 7) is 2.08. The zero-order valence-electron chi connectivity index (χ0n) is 16.5. The predicted octanol–water partition coefficient (Wildman–Crippen LogP) is 2.30. The number of amides is 1. The molecule has 1 aliphatic heterocycles. The topological polar surface area (TPSA) is 69.6 Å². The third-order valence-corrected chi connectivity index (χ3v) is 5.90. The van der Waals surface area contributed by atoms with E-state index in [-0.39, 0.29) is 18.4 Å². The van der Waals surface area contributed by atoms with Crippen molar-refractivity contribution in [1.82, 2.24) is 14.9 Å². The van der Waals surface area contributed by atoms with Crippen molar-refractivity contribution in [3.8, 4) is 11.4 Å². The minimum atomic E-state index is 0.0103. The number of rotatable bonds is 5. The second-order valence-electron chi connectivity index (χ2n) is 7.76. The molecule has 0 radical (unpaired) electrons. The zero-order valence-corrected chi connectivity index (χ0v) is 16.5. The standard InChI is InChI=1S/C22H28N4O2/c1-25(14-15-27)22(28)17-10-12-26(13-11-17)21-18-8-5-9-19(18)23-20(24-21)16-6-3-2-4-7-16/h2-4,6-7,17,27H,5,8-15H2,1H3. The molecular weight excluding hydrogens is 352 g/mol. The van der Waals surface area contributed by atoms with Crippen LogP contribution in [0, 0.1) is 5.92 Å². The summed E-state index contributed by atoms with van der Waals surface area (Å²) < 4.78 is 0. The number of nitrogens with zero attached hydrogens (tertiary/aromatic N) is 4. The van der Waals surface area contributed by atoms with Crippen molar-refractivity contribution < 1.29 is 9.90 Å². The van der Waals surface area contributed by atoms with E-state index in [9.17, 15) is 4.79 Å². The Morgan fingerprint density at radius 1 is 1.18 bits per heavy atom. The van der Waals surface area contributed by atoms with Crippen molar-refractivity contribution in [2.45, 2.75) is 32.1 Å². The highest BCUT2D eigenvalue weighted by Gasteiger charge is 2.30. The van der Waals surface area contributed by atoms with Crippen LogP contribution in [0.2, 0.25) is 0 Å². The third kappa shape index (κ3) is 3.74. The van der Waals surface area contributed by atoms with Gasteiger partial charge in [0.25, 0.3) is 0 Å². The maximum absolute atomic E-state index is 12.5. The van der Waals surface area contributed by atoms with Gasteiger partial charge in [0.15, 0.2) is 5.82 Å². The summed E-state index contributed by atoms with van der Waals surface area (Å²) in [7, 11) is 1.77. The van der Waals surface area contributed by atoms with Crippen LogP contribution in [-0.4, -0.2) is 59.2 Å². The summed E-state index contributed by atoms with van der Waals surface area (Å²) >= 11 is 0. The number of carbonyl (C=O) groups is 1. The van der Waals surface area contributed by atoms with Crippen LogP contribution in [0.3, 0.4) is 0 Å². The number of hydrogen-bond acceptors (Lipinski definition) is 5. The number of hydrogen-bond donors (Lipinski definition) is 1. The number of carbonyl (C=O) groups excluding carboxylic acids is 1. The molecule has 0 unspecified atom stereocenters. The number of likely N-dealkylation sites (N-methyl/N-ethyl adjacent to an activating group) is 1. The Balaban J connectivity index is 1.54. The highest BCUT2D eigenvalue weighted by atomic mass is 16.3. The number of anilines is 1. The number of aryl methyl sites for hydroxylation is 1. The maximum atomic E-state index is 12.5. The smallest absolute Gasteiger partial charge is 0.225 e. The molecule has 1 fully saturated rings. The first-order valence-corrected chi connectivity index (χ1v) is 10.2. The van der Waals surface area contributed by atoms with Crippen molar-refractivity contribution >= 4 is 11.7 Å². The van der Waals surface area contributed by atoms with Crippen molar-refractivity contribution in [2.75, 3.05) is 38.2 Å². The van der Waals surface area contributed by atoms with Crippen LogP contribution < -0.4 is 4.90 Å². The van der Waals surface area contributed by atoms with Crippen molar-refractivity contribution in [3.63, 3.8) is 0 Å². The van der Waals surface area contributed by atoms with E-state index >= 15 is 0 Å². The minimum absolute atomic E-state index is 0.0103. The summed E-state index contributed by atoms with van der Waals surface area (Å²) in [5.74, 6) is 2.05. The molecule has 0 bridgehead atoms. The van der Waals surface area contributed by atoms with Gasteiger partial charge in [-0.05, 0) is 32.1 Å². The molecule has 1 aromatic carbocycles. The number of benzene rings is 1. The number of aromatic nitrogens is 2. The quantitative estimate of drug-likeness (QED) is 0.862. The van der Waals surface area contributed by atoms with Crippen molar-refractivity contribution in [1.29, 1.82) is 0 Å². The van der Waals surface area contributed by atoms with Crippen molar-refractivity contribution in [2.24, 2.45) is 5.92 Å². The van der Waals surface area contributed by atoms with Gasteiger partial charge in [0.1, 0.15) is 5.82 Å². The lowest BCUT2D eigenvalue weighted by atomic mass is 9.95. The summed E-state index contributed by atoms with van der Waals surface area (Å²) in [6, 6.07) is 10.2. The first-order chi connectivity index (χ1) is 13.7. The second-order valence-corrected chi connectivity index (χ2v) is 7.76. The van der Waals surface area contributed by atoms with E-state index in [4.69, 9.17) is 15.1 Å². The lowest BCUT2D eigenvalue weighted by Crippen LogP contribution is -2.42. The van der Waals surface area contributed by atoms with Crippen LogP contribution >= 0.6 is 0 Å². The molecule has 1 aliphatic carbocycles. The number of fused-ring (bicyclic) bond motifs is 1. The molecule has 2 aliphatic rings. The van der Waals surface area contributed by atoms with Gasteiger partial charge in [-0.3, -0.25) is 4.79 Å². The van der Waals surface area contributed by atoms with Gasteiger partial charge in [0.2, 0.25) is 5.91 Å². The van der Waals surface area contributed by atoms with Gasteiger partial charge in [0, 0.05) is 49.4 Å². The third-order valence-electron chi connectivity index (χ3n) is 5.90. The Morgan fingerprint density at radius 2 is 1.93 bits per heavy atom. The largest absolute Gasteiger partial charge is 0.395 e. The van der Waals surface area contributed by atoms with Crippen LogP contribution in [-0.2, 0) is 17.6 Å². The molecule has 1 aromatic heterocycles. The average Bonchev–Trinajstić information content (AvgIpc) is 3.22. The highest BCUT2D eigenvalue weighted by molar-refractivity contribution is 5.79. The molecule has 148 valence electrons. The molecule has 6 heteroatoms. The molecular formula is C22H28N4O2. The van der Waals surface area contributed by atoms with Gasteiger partial charge in [-0.1, -0.05) is 30.3 Å². The number of aliphatic hydroxyl groups excluding tert-OH is 1. The van der Waals surface area contributed by atoms with Gasteiger partial charge in [-0.2, -0.15) is 0 Å². The molecule has 1 amide bonds. The molecule has 1 N–H and O–H groups in total. The summed E-state index contributed by atoms with van der Waals surface area (Å²) in [4.78, 5) is 26.3. The number of aliphatic hydroxyl groups is 1. The average molecular weight is 380 g/mol. The lowest BCUT2D eigenvalue weighted by Gasteiger charge is -2.34. The van der Waals surface area contributed by atoms with Crippen LogP contribution in [0.5, 0.6) is 0 Å². The first-order valence-electron chi connectivity index (χ1n) is 10.2. The maximum Gasteiger partial charge on any atom is 0.225 e. The van der Waals surface area contributed by atoms with E-state index in [1.165, 1.54) is 11.3 Å². The van der Waals surface area contributed by atoms with Crippen LogP contribution in [0.15, 0.2) is 30.3 Å². The molecule has 6 nitrogen and oxygen atoms in total. The van der Waals surface area contributed by atoms with Gasteiger partial charge in [-0.15, -0.1) is 0 Å².